The van der Waals surface area contributed by atoms with Crippen LogP contribution in [-0.2, 0) is 12.8 Å². The molecule has 124 valence electrons. The van der Waals surface area contributed by atoms with Crippen molar-refractivity contribution in [1.82, 2.24) is 4.98 Å². The molecule has 1 heterocycles. The molecule has 0 saturated carbocycles. The predicted octanol–water partition coefficient (Wildman–Crippen LogP) is 4.12. The van der Waals surface area contributed by atoms with Gasteiger partial charge in [-0.1, -0.05) is 31.9 Å². The summed E-state index contributed by atoms with van der Waals surface area (Å²) in [5.41, 5.74) is 10.8. The molecule has 0 saturated heterocycles. The lowest BCUT2D eigenvalue weighted by atomic mass is 9.79. The number of nitrogen functional groups attached to an aromatic ring is 1. The summed E-state index contributed by atoms with van der Waals surface area (Å²) in [7, 11) is 1.65. The summed E-state index contributed by atoms with van der Waals surface area (Å²) in [5.74, 6) is 1.81. The van der Waals surface area contributed by atoms with Crippen LogP contribution in [0.4, 0.5) is 5.82 Å². The molecule has 3 rings (SSSR count). The zero-order chi connectivity index (χ0) is 17.1. The molecular weight excluding hydrogens is 298 g/mol. The third-order valence-corrected chi connectivity index (χ3v) is 4.88. The lowest BCUT2D eigenvalue weighted by Crippen LogP contribution is -2.18. The van der Waals surface area contributed by atoms with Gasteiger partial charge in [0, 0.05) is 11.3 Å². The Morgan fingerprint density at radius 2 is 2.08 bits per heavy atom. The van der Waals surface area contributed by atoms with E-state index in [0.29, 0.717) is 17.3 Å². The molecule has 1 aromatic carbocycles. The van der Waals surface area contributed by atoms with Crippen molar-refractivity contribution < 1.29 is 4.74 Å². The molecule has 0 aliphatic heterocycles. The van der Waals surface area contributed by atoms with Crippen LogP contribution in [0.5, 0.6) is 5.75 Å². The van der Waals surface area contributed by atoms with Gasteiger partial charge in [-0.05, 0) is 48.4 Å². The fraction of sp³-hybridized carbons (Fsp3) is 0.400. The quantitative estimate of drug-likeness (QED) is 0.919. The second-order valence-electron chi connectivity index (χ2n) is 6.41. The fourth-order valence-electron chi connectivity index (χ4n) is 3.69. The van der Waals surface area contributed by atoms with Gasteiger partial charge in [0.05, 0.1) is 7.11 Å². The molecule has 0 spiro atoms. The van der Waals surface area contributed by atoms with Gasteiger partial charge in [0.15, 0.2) is 0 Å². The Hall–Kier alpha value is -2.54. The minimum absolute atomic E-state index is 0.344. The highest BCUT2D eigenvalue weighted by Crippen LogP contribution is 2.38. The minimum Gasteiger partial charge on any atom is -0.497 e. The first-order valence-electron chi connectivity index (χ1n) is 8.53. The van der Waals surface area contributed by atoms with Crippen LogP contribution in [0.25, 0.3) is 11.1 Å². The van der Waals surface area contributed by atoms with E-state index in [-0.39, 0.29) is 0 Å². The monoisotopic (exact) mass is 321 g/mol. The standard InChI is InChI=1S/C20H23N3O/c1-3-4-13-5-10-18-16(11-13)19(17(12-21)20(22)23-18)14-6-8-15(24-2)9-7-14/h6-9,13H,3-5,10-11H2,1-2H3,(H2,22,23). The van der Waals surface area contributed by atoms with Crippen LogP contribution < -0.4 is 10.5 Å². The normalized spacial score (nSPS) is 16.3. The van der Waals surface area contributed by atoms with Crippen molar-refractivity contribution in [3.63, 3.8) is 0 Å². The van der Waals surface area contributed by atoms with Crippen LogP contribution in [0, 0.1) is 17.2 Å². The van der Waals surface area contributed by atoms with Gasteiger partial charge in [-0.15, -0.1) is 0 Å². The maximum Gasteiger partial charge on any atom is 0.142 e. The lowest BCUT2D eigenvalue weighted by molar-refractivity contribution is 0.415. The van der Waals surface area contributed by atoms with E-state index in [0.717, 1.165) is 41.8 Å². The van der Waals surface area contributed by atoms with Crippen molar-refractivity contribution in [3.8, 4) is 22.9 Å². The van der Waals surface area contributed by atoms with Crippen molar-refractivity contribution in [2.45, 2.75) is 39.0 Å². The molecule has 1 aliphatic carbocycles. The highest BCUT2D eigenvalue weighted by Gasteiger charge is 2.26. The highest BCUT2D eigenvalue weighted by molar-refractivity contribution is 5.79. The first-order chi connectivity index (χ1) is 11.7. The van der Waals surface area contributed by atoms with E-state index in [1.54, 1.807) is 7.11 Å². The molecule has 0 fully saturated rings. The first-order valence-corrected chi connectivity index (χ1v) is 8.53. The minimum atomic E-state index is 0.344. The Balaban J connectivity index is 2.15. The van der Waals surface area contributed by atoms with Gasteiger partial charge in [0.2, 0.25) is 0 Å². The van der Waals surface area contributed by atoms with Crippen LogP contribution in [0.3, 0.4) is 0 Å². The molecule has 0 amide bonds. The lowest BCUT2D eigenvalue weighted by Gasteiger charge is -2.27. The number of fused-ring (bicyclic) bond motifs is 1. The van der Waals surface area contributed by atoms with E-state index in [1.165, 1.54) is 18.4 Å². The third kappa shape index (κ3) is 2.94. The Morgan fingerprint density at radius 1 is 1.33 bits per heavy atom. The van der Waals surface area contributed by atoms with Gasteiger partial charge in [-0.25, -0.2) is 4.98 Å². The Kier molecular flexibility index (Phi) is 4.71. The Labute approximate surface area is 143 Å². The topological polar surface area (TPSA) is 71.9 Å². The zero-order valence-electron chi connectivity index (χ0n) is 14.3. The number of hydrogen-bond acceptors (Lipinski definition) is 4. The van der Waals surface area contributed by atoms with Crippen LogP contribution >= 0.6 is 0 Å². The summed E-state index contributed by atoms with van der Waals surface area (Å²) in [6, 6.07) is 10.1. The van der Waals surface area contributed by atoms with Gasteiger partial charge in [0.25, 0.3) is 0 Å². The van der Waals surface area contributed by atoms with Crippen molar-refractivity contribution in [2.24, 2.45) is 5.92 Å². The summed E-state index contributed by atoms with van der Waals surface area (Å²) in [4.78, 5) is 4.53. The van der Waals surface area contributed by atoms with Crippen LogP contribution in [0.15, 0.2) is 24.3 Å². The number of ether oxygens (including phenoxy) is 1. The van der Waals surface area contributed by atoms with Gasteiger partial charge in [-0.2, -0.15) is 5.26 Å². The molecule has 1 aliphatic rings. The average molecular weight is 321 g/mol. The summed E-state index contributed by atoms with van der Waals surface area (Å²) < 4.78 is 5.24. The van der Waals surface area contributed by atoms with Gasteiger partial charge in [-0.3, -0.25) is 0 Å². The number of nitrogens with two attached hydrogens (primary N) is 1. The number of aryl methyl sites for hydroxylation is 1. The van der Waals surface area contributed by atoms with E-state index in [4.69, 9.17) is 10.5 Å². The fourth-order valence-corrected chi connectivity index (χ4v) is 3.69. The number of aromatic nitrogens is 1. The van der Waals surface area contributed by atoms with Gasteiger partial charge >= 0.3 is 0 Å². The number of nitrogens with zero attached hydrogens (tertiary/aromatic N) is 2. The number of rotatable bonds is 4. The van der Waals surface area contributed by atoms with Gasteiger partial charge < -0.3 is 10.5 Å². The second-order valence-corrected chi connectivity index (χ2v) is 6.41. The SMILES string of the molecule is CCCC1CCc2nc(N)c(C#N)c(-c3ccc(OC)cc3)c2C1. The Bertz CT molecular complexity index is 775. The van der Waals surface area contributed by atoms with Gasteiger partial charge in [0.1, 0.15) is 23.2 Å². The molecule has 1 aromatic heterocycles. The number of anilines is 1. The summed E-state index contributed by atoms with van der Waals surface area (Å²) in [6.45, 7) is 2.22. The number of pyridine rings is 1. The smallest absolute Gasteiger partial charge is 0.142 e. The van der Waals surface area contributed by atoms with Crippen LogP contribution in [0.2, 0.25) is 0 Å². The number of methoxy groups -OCH3 is 1. The number of hydrogen-bond donors (Lipinski definition) is 1. The van der Waals surface area contributed by atoms with Crippen molar-refractivity contribution in [1.29, 1.82) is 5.26 Å². The molecule has 0 bridgehead atoms. The van der Waals surface area contributed by atoms with E-state index >= 15 is 0 Å². The molecule has 1 unspecified atom stereocenters. The van der Waals surface area contributed by atoms with Crippen LogP contribution in [0.1, 0.15) is 43.0 Å². The largest absolute Gasteiger partial charge is 0.497 e. The molecule has 24 heavy (non-hydrogen) atoms. The van der Waals surface area contributed by atoms with E-state index in [9.17, 15) is 5.26 Å². The maximum absolute atomic E-state index is 9.64. The molecule has 2 aromatic rings. The Morgan fingerprint density at radius 3 is 2.71 bits per heavy atom. The predicted molar refractivity (Wildman–Crippen MR) is 95.8 cm³/mol. The van der Waals surface area contributed by atoms with Crippen molar-refractivity contribution in [3.05, 3.63) is 41.1 Å². The molecule has 1 atom stereocenters. The van der Waals surface area contributed by atoms with E-state index in [2.05, 4.69) is 18.0 Å². The van der Waals surface area contributed by atoms with Crippen molar-refractivity contribution in [2.75, 3.05) is 12.8 Å². The zero-order valence-corrected chi connectivity index (χ0v) is 14.3. The molecule has 4 heteroatoms. The highest BCUT2D eigenvalue weighted by atomic mass is 16.5. The molecule has 2 N–H and O–H groups in total. The summed E-state index contributed by atoms with van der Waals surface area (Å²) >= 11 is 0. The van der Waals surface area contributed by atoms with E-state index in [1.807, 2.05) is 24.3 Å². The van der Waals surface area contributed by atoms with Crippen LogP contribution in [-0.4, -0.2) is 12.1 Å². The third-order valence-electron chi connectivity index (χ3n) is 4.88. The number of benzene rings is 1. The second kappa shape index (κ2) is 6.92. The summed E-state index contributed by atoms with van der Waals surface area (Å²) in [6.07, 6.45) is 5.48. The molecule has 4 nitrogen and oxygen atoms in total. The van der Waals surface area contributed by atoms with E-state index < -0.39 is 0 Å². The maximum atomic E-state index is 9.64. The molecular formula is C20H23N3O. The number of nitriles is 1. The average Bonchev–Trinajstić information content (AvgIpc) is 2.61. The van der Waals surface area contributed by atoms with Crippen molar-refractivity contribution >= 4 is 5.82 Å². The first kappa shape index (κ1) is 16.3. The molecule has 0 radical (unpaired) electrons. The summed E-state index contributed by atoms with van der Waals surface area (Å²) in [5, 5.41) is 9.64.